The van der Waals surface area contributed by atoms with E-state index in [2.05, 4.69) is 22.3 Å². The fourth-order valence-electron chi connectivity index (χ4n) is 4.10. The summed E-state index contributed by atoms with van der Waals surface area (Å²) in [4.78, 5) is 15.0. The first kappa shape index (κ1) is 20.3. The summed E-state index contributed by atoms with van der Waals surface area (Å²) in [6.07, 6.45) is 2.32. The summed E-state index contributed by atoms with van der Waals surface area (Å²) < 4.78 is 32.2. The SMILES string of the molecule is O=C(NCc1ccco1)[C@H]1C[C@H](c2ccccc2)CN(Cc2ccc(F)c(F)c2)C1. The third-order valence-electron chi connectivity index (χ3n) is 5.58. The Morgan fingerprint density at radius 1 is 1.03 bits per heavy atom. The lowest BCUT2D eigenvalue weighted by atomic mass is 9.84. The summed E-state index contributed by atoms with van der Waals surface area (Å²) in [5, 5.41) is 2.96. The fraction of sp³-hybridized carbons (Fsp3) is 0.292. The van der Waals surface area contributed by atoms with Gasteiger partial charge in [0.25, 0.3) is 0 Å². The zero-order valence-electron chi connectivity index (χ0n) is 16.6. The van der Waals surface area contributed by atoms with Crippen LogP contribution in [-0.2, 0) is 17.9 Å². The average molecular weight is 410 g/mol. The highest BCUT2D eigenvalue weighted by Crippen LogP contribution is 2.31. The zero-order chi connectivity index (χ0) is 20.9. The molecule has 156 valence electrons. The maximum absolute atomic E-state index is 13.6. The molecule has 1 aliphatic rings. The summed E-state index contributed by atoms with van der Waals surface area (Å²) in [5.74, 6) is -1.04. The molecule has 0 unspecified atom stereocenters. The third-order valence-corrected chi connectivity index (χ3v) is 5.58. The molecule has 4 rings (SSSR count). The van der Waals surface area contributed by atoms with Crippen LogP contribution in [0.15, 0.2) is 71.3 Å². The van der Waals surface area contributed by atoms with Gasteiger partial charge in [-0.1, -0.05) is 36.4 Å². The number of nitrogens with one attached hydrogen (secondary N) is 1. The van der Waals surface area contributed by atoms with Crippen LogP contribution in [0.25, 0.3) is 0 Å². The van der Waals surface area contributed by atoms with Crippen LogP contribution >= 0.6 is 0 Å². The molecule has 1 aliphatic heterocycles. The summed E-state index contributed by atoms with van der Waals surface area (Å²) in [6, 6.07) is 17.7. The van der Waals surface area contributed by atoms with Crippen LogP contribution in [-0.4, -0.2) is 23.9 Å². The van der Waals surface area contributed by atoms with Crippen LogP contribution in [0.2, 0.25) is 0 Å². The molecule has 1 saturated heterocycles. The first-order valence-electron chi connectivity index (χ1n) is 10.1. The molecule has 1 aromatic heterocycles. The Kier molecular flexibility index (Phi) is 6.23. The van der Waals surface area contributed by atoms with Crippen LogP contribution in [0.5, 0.6) is 0 Å². The van der Waals surface area contributed by atoms with Crippen molar-refractivity contribution in [1.29, 1.82) is 0 Å². The van der Waals surface area contributed by atoms with Gasteiger partial charge in [-0.2, -0.15) is 0 Å². The lowest BCUT2D eigenvalue weighted by Crippen LogP contribution is -2.45. The number of hydrogen-bond donors (Lipinski definition) is 1. The molecule has 0 radical (unpaired) electrons. The molecule has 2 atom stereocenters. The van der Waals surface area contributed by atoms with Gasteiger partial charge < -0.3 is 9.73 Å². The van der Waals surface area contributed by atoms with Gasteiger partial charge in [0.2, 0.25) is 5.91 Å². The van der Waals surface area contributed by atoms with E-state index in [0.717, 1.165) is 19.0 Å². The number of amides is 1. The number of piperidine rings is 1. The van der Waals surface area contributed by atoms with Gasteiger partial charge in [0.1, 0.15) is 5.76 Å². The third kappa shape index (κ3) is 4.94. The minimum absolute atomic E-state index is 0.0256. The largest absolute Gasteiger partial charge is 0.467 e. The summed E-state index contributed by atoms with van der Waals surface area (Å²) in [6.45, 7) is 2.13. The molecular weight excluding hydrogens is 386 g/mol. The van der Waals surface area contributed by atoms with Crippen molar-refractivity contribution in [1.82, 2.24) is 10.2 Å². The van der Waals surface area contributed by atoms with Gasteiger partial charge in [0.15, 0.2) is 11.6 Å². The highest BCUT2D eigenvalue weighted by molar-refractivity contribution is 5.79. The van der Waals surface area contributed by atoms with Gasteiger partial charge >= 0.3 is 0 Å². The van der Waals surface area contributed by atoms with E-state index in [9.17, 15) is 13.6 Å². The van der Waals surface area contributed by atoms with E-state index < -0.39 is 11.6 Å². The summed E-state index contributed by atoms with van der Waals surface area (Å²) in [7, 11) is 0. The number of furan rings is 1. The number of hydrogen-bond acceptors (Lipinski definition) is 3. The minimum Gasteiger partial charge on any atom is -0.467 e. The quantitative estimate of drug-likeness (QED) is 0.652. The van der Waals surface area contributed by atoms with Gasteiger partial charge in [-0.3, -0.25) is 9.69 Å². The zero-order valence-corrected chi connectivity index (χ0v) is 16.6. The van der Waals surface area contributed by atoms with Crippen molar-refractivity contribution in [2.75, 3.05) is 13.1 Å². The van der Waals surface area contributed by atoms with E-state index in [4.69, 9.17) is 4.42 Å². The Labute approximate surface area is 174 Å². The number of carbonyl (C=O) groups excluding carboxylic acids is 1. The van der Waals surface area contributed by atoms with E-state index >= 15 is 0 Å². The molecule has 0 aliphatic carbocycles. The average Bonchev–Trinajstić information content (AvgIpc) is 3.29. The lowest BCUT2D eigenvalue weighted by molar-refractivity contribution is -0.127. The Hall–Kier alpha value is -2.99. The molecule has 0 saturated carbocycles. The van der Waals surface area contributed by atoms with Crippen molar-refractivity contribution in [2.24, 2.45) is 5.92 Å². The van der Waals surface area contributed by atoms with Gasteiger partial charge in [-0.15, -0.1) is 0 Å². The van der Waals surface area contributed by atoms with Crippen molar-refractivity contribution in [3.63, 3.8) is 0 Å². The van der Waals surface area contributed by atoms with Crippen LogP contribution in [0.3, 0.4) is 0 Å². The summed E-state index contributed by atoms with van der Waals surface area (Å²) in [5.41, 5.74) is 1.87. The highest BCUT2D eigenvalue weighted by Gasteiger charge is 2.32. The van der Waals surface area contributed by atoms with Gasteiger partial charge in [-0.25, -0.2) is 8.78 Å². The monoisotopic (exact) mass is 410 g/mol. The molecule has 30 heavy (non-hydrogen) atoms. The van der Waals surface area contributed by atoms with Crippen molar-refractivity contribution >= 4 is 5.91 Å². The second-order valence-corrected chi connectivity index (χ2v) is 7.78. The second kappa shape index (κ2) is 9.22. The Morgan fingerprint density at radius 2 is 1.87 bits per heavy atom. The number of nitrogens with zero attached hydrogens (tertiary/aromatic N) is 1. The fourth-order valence-corrected chi connectivity index (χ4v) is 4.10. The Morgan fingerprint density at radius 3 is 2.60 bits per heavy atom. The Balaban J connectivity index is 1.49. The van der Waals surface area contributed by atoms with Crippen LogP contribution in [0.4, 0.5) is 8.78 Å². The molecule has 4 nitrogen and oxygen atoms in total. The predicted molar refractivity (Wildman–Crippen MR) is 109 cm³/mol. The molecule has 2 aromatic carbocycles. The first-order valence-corrected chi connectivity index (χ1v) is 10.1. The number of likely N-dealkylation sites (tertiary alicyclic amines) is 1. The van der Waals surface area contributed by atoms with E-state index in [1.165, 1.54) is 11.6 Å². The van der Waals surface area contributed by atoms with Crippen molar-refractivity contribution < 1.29 is 18.0 Å². The number of carbonyl (C=O) groups is 1. The second-order valence-electron chi connectivity index (χ2n) is 7.78. The standard InChI is InChI=1S/C24H24F2N2O2/c25-22-9-8-17(11-23(22)26)14-28-15-19(18-5-2-1-3-6-18)12-20(16-28)24(29)27-13-21-7-4-10-30-21/h1-11,19-20H,12-16H2,(H,27,29)/t19-,20-/m0/s1. The number of halogens is 2. The van der Waals surface area contributed by atoms with E-state index in [-0.39, 0.29) is 17.7 Å². The molecule has 0 bridgehead atoms. The Bertz CT molecular complexity index is 976. The molecule has 6 heteroatoms. The predicted octanol–water partition coefficient (Wildman–Crippen LogP) is 4.48. The molecule has 3 aromatic rings. The molecule has 1 fully saturated rings. The molecule has 0 spiro atoms. The van der Waals surface area contributed by atoms with E-state index in [1.807, 2.05) is 24.3 Å². The van der Waals surface area contributed by atoms with E-state index in [0.29, 0.717) is 31.0 Å². The van der Waals surface area contributed by atoms with Crippen LogP contribution in [0.1, 0.15) is 29.2 Å². The molecule has 1 amide bonds. The van der Waals surface area contributed by atoms with Crippen molar-refractivity contribution in [3.8, 4) is 0 Å². The smallest absolute Gasteiger partial charge is 0.224 e. The number of benzene rings is 2. The first-order chi connectivity index (χ1) is 14.6. The normalized spacial score (nSPS) is 19.5. The van der Waals surface area contributed by atoms with Gasteiger partial charge in [-0.05, 0) is 47.7 Å². The topological polar surface area (TPSA) is 45.5 Å². The maximum atomic E-state index is 13.6. The van der Waals surface area contributed by atoms with Crippen molar-refractivity contribution in [3.05, 3.63) is 95.4 Å². The minimum atomic E-state index is -0.852. The van der Waals surface area contributed by atoms with Gasteiger partial charge in [0, 0.05) is 19.6 Å². The highest BCUT2D eigenvalue weighted by atomic mass is 19.2. The van der Waals surface area contributed by atoms with E-state index in [1.54, 1.807) is 18.4 Å². The molecule has 2 heterocycles. The van der Waals surface area contributed by atoms with Crippen molar-refractivity contribution in [2.45, 2.75) is 25.4 Å². The molecule has 1 N–H and O–H groups in total. The maximum Gasteiger partial charge on any atom is 0.224 e. The summed E-state index contributed by atoms with van der Waals surface area (Å²) >= 11 is 0. The lowest BCUT2D eigenvalue weighted by Gasteiger charge is -2.37. The van der Waals surface area contributed by atoms with Crippen LogP contribution < -0.4 is 5.32 Å². The number of rotatable bonds is 6. The van der Waals surface area contributed by atoms with Crippen LogP contribution in [0, 0.1) is 17.6 Å². The van der Waals surface area contributed by atoms with Gasteiger partial charge in [0.05, 0.1) is 18.7 Å². The molecular formula is C24H24F2N2O2.